The molecule has 1 saturated carbocycles. The van der Waals surface area contributed by atoms with Crippen molar-refractivity contribution in [3.8, 4) is 0 Å². The first-order chi connectivity index (χ1) is 10.3. The first-order valence-electron chi connectivity index (χ1n) is 8.76. The summed E-state index contributed by atoms with van der Waals surface area (Å²) in [5.74, 6) is 0.507. The highest BCUT2D eigenvalue weighted by Crippen LogP contribution is 2.33. The van der Waals surface area contributed by atoms with Crippen LogP contribution in [0.15, 0.2) is 30.3 Å². The monoisotopic (exact) mass is 289 g/mol. The summed E-state index contributed by atoms with van der Waals surface area (Å²) in [6.45, 7) is 3.36. The van der Waals surface area contributed by atoms with Gasteiger partial charge in [0.05, 0.1) is 6.10 Å². The molecule has 1 fully saturated rings. The number of aliphatic hydroxyl groups excluding tert-OH is 1. The zero-order chi connectivity index (χ0) is 14.9. The van der Waals surface area contributed by atoms with E-state index in [1.165, 1.54) is 37.7 Å². The van der Waals surface area contributed by atoms with E-state index in [9.17, 15) is 5.11 Å². The van der Waals surface area contributed by atoms with E-state index in [1.54, 1.807) is 0 Å². The number of unbranched alkanes of at least 4 members (excludes halogenated alkanes) is 4. The van der Waals surface area contributed by atoms with E-state index in [0.717, 1.165) is 25.8 Å². The van der Waals surface area contributed by atoms with Crippen molar-refractivity contribution in [3.63, 3.8) is 0 Å². The lowest BCUT2D eigenvalue weighted by Crippen LogP contribution is -2.39. The molecular formula is C19H31NO. The zero-order valence-electron chi connectivity index (χ0n) is 13.4. The van der Waals surface area contributed by atoms with Crippen LogP contribution in [0.1, 0.15) is 69.8 Å². The predicted octanol–water partition coefficient (Wildman–Crippen LogP) is 4.24. The number of nitrogens with one attached hydrogen (secondary N) is 1. The normalized spacial score (nSPS) is 25.9. The molecule has 3 atom stereocenters. The fraction of sp³-hybridized carbons (Fsp3) is 0.684. The highest BCUT2D eigenvalue weighted by Gasteiger charge is 2.28. The van der Waals surface area contributed by atoms with E-state index in [-0.39, 0.29) is 6.10 Å². The van der Waals surface area contributed by atoms with Crippen molar-refractivity contribution < 1.29 is 5.11 Å². The molecule has 1 aliphatic carbocycles. The lowest BCUT2D eigenvalue weighted by molar-refractivity contribution is 0.100. The second kappa shape index (κ2) is 9.22. The van der Waals surface area contributed by atoms with E-state index in [2.05, 4.69) is 42.6 Å². The van der Waals surface area contributed by atoms with E-state index in [4.69, 9.17) is 0 Å². The van der Waals surface area contributed by atoms with Crippen LogP contribution in [0.25, 0.3) is 0 Å². The molecule has 2 nitrogen and oxygen atoms in total. The molecule has 2 N–H and O–H groups in total. The number of rotatable bonds is 8. The minimum atomic E-state index is -0.151. The number of hydrogen-bond acceptors (Lipinski definition) is 2. The molecule has 1 aliphatic rings. The van der Waals surface area contributed by atoms with Gasteiger partial charge in [0.2, 0.25) is 0 Å². The van der Waals surface area contributed by atoms with Crippen LogP contribution in [0.5, 0.6) is 0 Å². The molecule has 118 valence electrons. The molecule has 1 aromatic carbocycles. The Morgan fingerprint density at radius 1 is 1.00 bits per heavy atom. The van der Waals surface area contributed by atoms with Gasteiger partial charge >= 0.3 is 0 Å². The van der Waals surface area contributed by atoms with Crippen LogP contribution in [0, 0.1) is 0 Å². The summed E-state index contributed by atoms with van der Waals surface area (Å²) in [6, 6.07) is 11.1. The molecule has 0 radical (unpaired) electrons. The molecule has 2 rings (SSSR count). The molecule has 0 saturated heterocycles. The molecule has 0 bridgehead atoms. The van der Waals surface area contributed by atoms with E-state index < -0.39 is 0 Å². The average Bonchev–Trinajstić information content (AvgIpc) is 2.51. The van der Waals surface area contributed by atoms with Gasteiger partial charge in [0.25, 0.3) is 0 Å². The third-order valence-corrected chi connectivity index (χ3v) is 4.67. The SMILES string of the molecule is CCCCCCCNC1CC(O)CC(c2ccccc2)C1. The first-order valence-corrected chi connectivity index (χ1v) is 8.76. The lowest BCUT2D eigenvalue weighted by atomic mass is 9.80. The Hall–Kier alpha value is -0.860. The summed E-state index contributed by atoms with van der Waals surface area (Å²) in [5, 5.41) is 13.8. The van der Waals surface area contributed by atoms with E-state index >= 15 is 0 Å². The van der Waals surface area contributed by atoms with Crippen molar-refractivity contribution in [2.45, 2.75) is 76.4 Å². The van der Waals surface area contributed by atoms with Crippen molar-refractivity contribution in [2.75, 3.05) is 6.54 Å². The average molecular weight is 289 g/mol. The van der Waals surface area contributed by atoms with Gasteiger partial charge in [0.1, 0.15) is 0 Å². The van der Waals surface area contributed by atoms with Crippen LogP contribution in [0.3, 0.4) is 0 Å². The third-order valence-electron chi connectivity index (χ3n) is 4.67. The fourth-order valence-electron chi connectivity index (χ4n) is 3.49. The molecule has 0 spiro atoms. The zero-order valence-corrected chi connectivity index (χ0v) is 13.4. The Labute approximate surface area is 130 Å². The van der Waals surface area contributed by atoms with E-state index in [1.807, 2.05) is 0 Å². The second-order valence-electron chi connectivity index (χ2n) is 6.53. The molecule has 0 heterocycles. The maximum Gasteiger partial charge on any atom is 0.0561 e. The van der Waals surface area contributed by atoms with Gasteiger partial charge < -0.3 is 10.4 Å². The summed E-state index contributed by atoms with van der Waals surface area (Å²) in [5.41, 5.74) is 1.38. The first kappa shape index (κ1) is 16.5. The highest BCUT2D eigenvalue weighted by atomic mass is 16.3. The molecule has 3 unspecified atom stereocenters. The van der Waals surface area contributed by atoms with Gasteiger partial charge in [-0.25, -0.2) is 0 Å². The maximum absolute atomic E-state index is 10.1. The van der Waals surface area contributed by atoms with Crippen molar-refractivity contribution in [1.82, 2.24) is 5.32 Å². The summed E-state index contributed by atoms with van der Waals surface area (Å²) >= 11 is 0. The van der Waals surface area contributed by atoms with Crippen LogP contribution in [-0.4, -0.2) is 23.8 Å². The topological polar surface area (TPSA) is 32.3 Å². The second-order valence-corrected chi connectivity index (χ2v) is 6.53. The molecule has 2 heteroatoms. The molecule has 0 aliphatic heterocycles. The van der Waals surface area contributed by atoms with Crippen LogP contribution in [-0.2, 0) is 0 Å². The summed E-state index contributed by atoms with van der Waals surface area (Å²) < 4.78 is 0. The standard InChI is InChI=1S/C19H31NO/c1-2-3-4-5-9-12-20-18-13-17(14-19(21)15-18)16-10-7-6-8-11-16/h6-8,10-11,17-21H,2-5,9,12-15H2,1H3. The Morgan fingerprint density at radius 2 is 1.76 bits per heavy atom. The molecule has 1 aromatic rings. The fourth-order valence-corrected chi connectivity index (χ4v) is 3.49. The lowest BCUT2D eigenvalue weighted by Gasteiger charge is -2.33. The van der Waals surface area contributed by atoms with Crippen LogP contribution in [0.4, 0.5) is 0 Å². The summed E-state index contributed by atoms with van der Waals surface area (Å²) in [6.07, 6.45) is 9.46. The molecule has 0 amide bonds. The quantitative estimate of drug-likeness (QED) is 0.701. The minimum absolute atomic E-state index is 0.151. The smallest absolute Gasteiger partial charge is 0.0561 e. The number of aliphatic hydroxyl groups is 1. The number of benzene rings is 1. The van der Waals surface area contributed by atoms with Crippen LogP contribution >= 0.6 is 0 Å². The largest absolute Gasteiger partial charge is 0.393 e. The van der Waals surface area contributed by atoms with Gasteiger partial charge in [-0.15, -0.1) is 0 Å². The van der Waals surface area contributed by atoms with Crippen molar-refractivity contribution in [3.05, 3.63) is 35.9 Å². The molecular weight excluding hydrogens is 258 g/mol. The summed E-state index contributed by atoms with van der Waals surface area (Å²) in [7, 11) is 0. The summed E-state index contributed by atoms with van der Waals surface area (Å²) in [4.78, 5) is 0. The minimum Gasteiger partial charge on any atom is -0.393 e. The number of hydrogen-bond donors (Lipinski definition) is 2. The third kappa shape index (κ3) is 5.80. The van der Waals surface area contributed by atoms with E-state index in [0.29, 0.717) is 12.0 Å². The molecule has 21 heavy (non-hydrogen) atoms. The van der Waals surface area contributed by atoms with Gasteiger partial charge in [0, 0.05) is 6.04 Å². The Kier molecular flexibility index (Phi) is 7.25. The highest BCUT2D eigenvalue weighted by molar-refractivity contribution is 5.20. The Morgan fingerprint density at radius 3 is 2.52 bits per heavy atom. The van der Waals surface area contributed by atoms with Gasteiger partial charge in [-0.1, -0.05) is 62.9 Å². The predicted molar refractivity (Wildman–Crippen MR) is 89.6 cm³/mol. The van der Waals surface area contributed by atoms with Crippen LogP contribution in [0.2, 0.25) is 0 Å². The van der Waals surface area contributed by atoms with Crippen molar-refractivity contribution in [2.24, 2.45) is 0 Å². The van der Waals surface area contributed by atoms with Crippen molar-refractivity contribution >= 4 is 0 Å². The molecule has 0 aromatic heterocycles. The Balaban J connectivity index is 1.73. The maximum atomic E-state index is 10.1. The van der Waals surface area contributed by atoms with Gasteiger partial charge in [-0.05, 0) is 43.7 Å². The van der Waals surface area contributed by atoms with Crippen molar-refractivity contribution in [1.29, 1.82) is 0 Å². The van der Waals surface area contributed by atoms with Gasteiger partial charge in [-0.3, -0.25) is 0 Å². The van der Waals surface area contributed by atoms with Gasteiger partial charge in [0.15, 0.2) is 0 Å². The van der Waals surface area contributed by atoms with Crippen LogP contribution < -0.4 is 5.32 Å². The Bertz CT molecular complexity index is 378. The van der Waals surface area contributed by atoms with Gasteiger partial charge in [-0.2, -0.15) is 0 Å².